The summed E-state index contributed by atoms with van der Waals surface area (Å²) >= 11 is 0. The van der Waals surface area contributed by atoms with Gasteiger partial charge in [-0.3, -0.25) is 9.59 Å². The molecule has 6 nitrogen and oxygen atoms in total. The molecule has 0 fully saturated rings. The predicted octanol–water partition coefficient (Wildman–Crippen LogP) is 4.08. The Morgan fingerprint density at radius 3 is 2.37 bits per heavy atom. The summed E-state index contributed by atoms with van der Waals surface area (Å²) in [6.45, 7) is 11.4. The van der Waals surface area contributed by atoms with Crippen LogP contribution in [-0.2, 0) is 11.3 Å². The normalized spacial score (nSPS) is 12.1. The molecule has 1 aromatic heterocycles. The Labute approximate surface area is 175 Å². The van der Waals surface area contributed by atoms with Crippen molar-refractivity contribution >= 4 is 22.8 Å². The van der Waals surface area contributed by atoms with Crippen molar-refractivity contribution in [3.63, 3.8) is 0 Å². The molecule has 0 N–H and O–H groups in total. The Morgan fingerprint density at radius 1 is 1.03 bits per heavy atom. The molecule has 156 valence electrons. The van der Waals surface area contributed by atoms with Gasteiger partial charge in [0, 0.05) is 12.1 Å². The number of carbonyl (C=O) groups excluding carboxylic acids is 2. The average molecular weight is 406 g/mol. The smallest absolute Gasteiger partial charge is 0.338 e. The number of carbonyl (C=O) groups is 2. The minimum Gasteiger partial charge on any atom is -0.451 e. The van der Waals surface area contributed by atoms with E-state index in [1.54, 1.807) is 36.6 Å². The van der Waals surface area contributed by atoms with E-state index in [0.29, 0.717) is 28.8 Å². The fourth-order valence-electron chi connectivity index (χ4n) is 3.54. The molecule has 2 aromatic carbocycles. The zero-order chi connectivity index (χ0) is 22.2. The molecule has 0 aliphatic rings. The third kappa shape index (κ3) is 3.90. The van der Waals surface area contributed by atoms with Crippen molar-refractivity contribution in [3.8, 4) is 0 Å². The van der Waals surface area contributed by atoms with Gasteiger partial charge in [0.2, 0.25) is 5.78 Å². The van der Waals surface area contributed by atoms with Crippen molar-refractivity contribution in [2.24, 2.45) is 0 Å². The van der Waals surface area contributed by atoms with Gasteiger partial charge in [-0.25, -0.2) is 9.78 Å². The van der Waals surface area contributed by atoms with E-state index in [0.717, 1.165) is 16.7 Å². The molecule has 3 aromatic rings. The monoisotopic (exact) mass is 406 g/mol. The second kappa shape index (κ2) is 8.22. The largest absolute Gasteiger partial charge is 0.451 e. The molecule has 0 bridgehead atoms. The number of nitrogens with zero attached hydrogens (tertiary/aromatic N) is 2. The molecular formula is C24H26N2O4. The Balaban J connectivity index is 1.87. The van der Waals surface area contributed by atoms with E-state index >= 15 is 0 Å². The second-order valence-electron chi connectivity index (χ2n) is 7.61. The van der Waals surface area contributed by atoms with Crippen LogP contribution in [0.5, 0.6) is 0 Å². The van der Waals surface area contributed by atoms with Gasteiger partial charge in [-0.1, -0.05) is 6.07 Å². The van der Waals surface area contributed by atoms with Crippen molar-refractivity contribution in [2.45, 2.75) is 54.2 Å². The highest BCUT2D eigenvalue weighted by Gasteiger charge is 2.23. The Bertz CT molecular complexity index is 1220. The maximum atomic E-state index is 12.8. The lowest BCUT2D eigenvalue weighted by Crippen LogP contribution is -2.26. The van der Waals surface area contributed by atoms with Crippen molar-refractivity contribution in [1.29, 1.82) is 0 Å². The molecule has 3 rings (SSSR count). The van der Waals surface area contributed by atoms with Gasteiger partial charge in [-0.2, -0.15) is 0 Å². The Morgan fingerprint density at radius 2 is 1.70 bits per heavy atom. The van der Waals surface area contributed by atoms with Crippen LogP contribution in [0.1, 0.15) is 56.9 Å². The number of hydrogen-bond acceptors (Lipinski definition) is 5. The quantitative estimate of drug-likeness (QED) is 0.471. The molecule has 0 saturated carbocycles. The first-order valence-electron chi connectivity index (χ1n) is 9.98. The fourth-order valence-corrected chi connectivity index (χ4v) is 3.54. The highest BCUT2D eigenvalue weighted by atomic mass is 16.5. The summed E-state index contributed by atoms with van der Waals surface area (Å²) in [6, 6.07) is 8.66. The number of esters is 1. The number of Topliss-reactive ketones (excluding diaryl/α,β-unsaturated/α-hetero) is 1. The van der Waals surface area contributed by atoms with Crippen LogP contribution in [-0.4, -0.2) is 27.4 Å². The highest BCUT2D eigenvalue weighted by Crippen LogP contribution is 2.19. The number of ketones is 1. The van der Waals surface area contributed by atoms with Crippen LogP contribution in [0, 0.1) is 27.7 Å². The van der Waals surface area contributed by atoms with Crippen LogP contribution < -0.4 is 5.56 Å². The average Bonchev–Trinajstić information content (AvgIpc) is 2.70. The number of aryl methyl sites for hydroxylation is 5. The van der Waals surface area contributed by atoms with E-state index in [1.807, 2.05) is 39.8 Å². The van der Waals surface area contributed by atoms with Gasteiger partial charge in [0.25, 0.3) is 5.56 Å². The minimum absolute atomic E-state index is 0.150. The van der Waals surface area contributed by atoms with Crippen molar-refractivity contribution in [3.05, 3.63) is 74.2 Å². The summed E-state index contributed by atoms with van der Waals surface area (Å²) in [5.74, 6) is -0.841. The first-order chi connectivity index (χ1) is 14.1. The minimum atomic E-state index is -0.923. The standard InChI is InChI=1S/C24H26N2O4/c1-7-26-21-9-8-18(12-20(21)25-16(5)23(26)28)24(29)30-17(6)22(27)19-11-14(3)13(2)10-15(19)4/h8-12,17H,7H2,1-6H3. The molecule has 0 aliphatic carbocycles. The van der Waals surface area contributed by atoms with Crippen molar-refractivity contribution in [2.75, 3.05) is 0 Å². The number of rotatable bonds is 5. The second-order valence-corrected chi connectivity index (χ2v) is 7.61. The van der Waals surface area contributed by atoms with Gasteiger partial charge < -0.3 is 9.30 Å². The number of fused-ring (bicyclic) bond motifs is 1. The van der Waals surface area contributed by atoms with Crippen molar-refractivity contribution < 1.29 is 14.3 Å². The van der Waals surface area contributed by atoms with Crippen LogP contribution in [0.2, 0.25) is 0 Å². The van der Waals surface area contributed by atoms with Gasteiger partial charge in [0.05, 0.1) is 16.6 Å². The molecule has 30 heavy (non-hydrogen) atoms. The molecular weight excluding hydrogens is 380 g/mol. The van der Waals surface area contributed by atoms with Crippen LogP contribution in [0.15, 0.2) is 35.1 Å². The van der Waals surface area contributed by atoms with E-state index in [2.05, 4.69) is 4.98 Å². The number of aromatic nitrogens is 2. The van der Waals surface area contributed by atoms with E-state index in [1.165, 1.54) is 0 Å². The number of ether oxygens (including phenoxy) is 1. The SMILES string of the molecule is CCn1c(=O)c(C)nc2cc(C(=O)OC(C)C(=O)c3cc(C)c(C)cc3C)ccc21. The molecule has 1 heterocycles. The van der Waals surface area contributed by atoms with E-state index in [9.17, 15) is 14.4 Å². The molecule has 0 radical (unpaired) electrons. The number of hydrogen-bond donors (Lipinski definition) is 0. The fraction of sp³-hybridized carbons (Fsp3) is 0.333. The molecule has 0 spiro atoms. The van der Waals surface area contributed by atoms with Crippen LogP contribution in [0.4, 0.5) is 0 Å². The summed E-state index contributed by atoms with van der Waals surface area (Å²) in [7, 11) is 0. The first kappa shape index (κ1) is 21.4. The third-order valence-corrected chi connectivity index (χ3v) is 5.42. The van der Waals surface area contributed by atoms with E-state index < -0.39 is 12.1 Å². The lowest BCUT2D eigenvalue weighted by molar-refractivity contribution is 0.0318. The molecule has 0 saturated heterocycles. The molecule has 1 atom stereocenters. The molecule has 0 amide bonds. The summed E-state index contributed by atoms with van der Waals surface area (Å²) in [5, 5.41) is 0. The Kier molecular flexibility index (Phi) is 5.87. The van der Waals surface area contributed by atoms with E-state index in [-0.39, 0.29) is 16.9 Å². The van der Waals surface area contributed by atoms with Crippen LogP contribution >= 0.6 is 0 Å². The third-order valence-electron chi connectivity index (χ3n) is 5.42. The first-order valence-corrected chi connectivity index (χ1v) is 9.98. The Hall–Kier alpha value is -3.28. The van der Waals surface area contributed by atoms with Gasteiger partial charge in [-0.15, -0.1) is 0 Å². The van der Waals surface area contributed by atoms with E-state index in [4.69, 9.17) is 4.74 Å². The molecule has 1 unspecified atom stereocenters. The summed E-state index contributed by atoms with van der Waals surface area (Å²) in [6.07, 6.45) is -0.923. The summed E-state index contributed by atoms with van der Waals surface area (Å²) < 4.78 is 7.06. The number of benzene rings is 2. The maximum absolute atomic E-state index is 12.8. The summed E-state index contributed by atoms with van der Waals surface area (Å²) in [4.78, 5) is 42.1. The highest BCUT2D eigenvalue weighted by molar-refractivity contribution is 6.03. The zero-order valence-electron chi connectivity index (χ0n) is 18.2. The van der Waals surface area contributed by atoms with Crippen LogP contribution in [0.25, 0.3) is 11.0 Å². The topological polar surface area (TPSA) is 78.3 Å². The van der Waals surface area contributed by atoms with Gasteiger partial charge in [-0.05, 0) is 82.5 Å². The van der Waals surface area contributed by atoms with Gasteiger partial charge >= 0.3 is 5.97 Å². The molecule has 6 heteroatoms. The maximum Gasteiger partial charge on any atom is 0.338 e. The molecule has 0 aliphatic heterocycles. The lowest BCUT2D eigenvalue weighted by atomic mass is 9.96. The summed E-state index contributed by atoms with van der Waals surface area (Å²) in [5.41, 5.74) is 5.22. The van der Waals surface area contributed by atoms with Crippen molar-refractivity contribution in [1.82, 2.24) is 9.55 Å². The van der Waals surface area contributed by atoms with Gasteiger partial charge in [0.15, 0.2) is 6.10 Å². The van der Waals surface area contributed by atoms with Gasteiger partial charge in [0.1, 0.15) is 5.69 Å². The predicted molar refractivity (Wildman–Crippen MR) is 116 cm³/mol. The van der Waals surface area contributed by atoms with Crippen LogP contribution in [0.3, 0.4) is 0 Å². The zero-order valence-corrected chi connectivity index (χ0v) is 18.2. The lowest BCUT2D eigenvalue weighted by Gasteiger charge is -2.15.